The van der Waals surface area contributed by atoms with Crippen LogP contribution in [0.25, 0.3) is 0 Å². The monoisotopic (exact) mass is 271 g/mol. The summed E-state index contributed by atoms with van der Waals surface area (Å²) in [5.74, 6) is -0.380. The number of nitriles is 1. The zero-order valence-electron chi connectivity index (χ0n) is 11.5. The second kappa shape index (κ2) is 6.36. The van der Waals surface area contributed by atoms with Gasteiger partial charge in [0.15, 0.2) is 0 Å². The Kier molecular flexibility index (Phi) is 4.54. The van der Waals surface area contributed by atoms with Crippen molar-refractivity contribution in [3.63, 3.8) is 0 Å². The predicted molar refractivity (Wildman–Crippen MR) is 76.5 cm³/mol. The van der Waals surface area contributed by atoms with E-state index >= 15 is 0 Å². The number of halogens is 1. The molecule has 0 fully saturated rings. The van der Waals surface area contributed by atoms with Gasteiger partial charge in [0.1, 0.15) is 5.82 Å². The van der Waals surface area contributed by atoms with E-state index in [1.165, 1.54) is 12.1 Å². The van der Waals surface area contributed by atoms with Crippen LogP contribution in [0.2, 0.25) is 0 Å². The van der Waals surface area contributed by atoms with Gasteiger partial charge in [-0.3, -0.25) is 0 Å². The zero-order chi connectivity index (χ0) is 14.5. The maximum atomic E-state index is 13.4. The van der Waals surface area contributed by atoms with Gasteiger partial charge in [0.25, 0.3) is 0 Å². The third-order valence-electron chi connectivity index (χ3n) is 3.25. The number of rotatable bonds is 5. The maximum absolute atomic E-state index is 13.4. The van der Waals surface area contributed by atoms with Gasteiger partial charge in [-0.05, 0) is 41.8 Å². The van der Waals surface area contributed by atoms with Crippen LogP contribution in [-0.2, 0) is 6.54 Å². The lowest BCUT2D eigenvalue weighted by Gasteiger charge is -2.08. The fourth-order valence-electron chi connectivity index (χ4n) is 2.27. The van der Waals surface area contributed by atoms with E-state index in [1.54, 1.807) is 6.07 Å². The van der Waals surface area contributed by atoms with Crippen LogP contribution in [0.15, 0.2) is 36.7 Å². The van der Waals surface area contributed by atoms with Crippen molar-refractivity contribution < 1.29 is 4.39 Å². The second-order valence-electron chi connectivity index (χ2n) is 4.97. The second-order valence-corrected chi connectivity index (χ2v) is 4.97. The fraction of sp³-hybridized carbons (Fsp3) is 0.312. The van der Waals surface area contributed by atoms with Crippen molar-refractivity contribution in [1.29, 1.82) is 5.26 Å². The molecule has 4 heteroatoms. The number of nitrogens with zero attached hydrogens (tertiary/aromatic N) is 2. The molecule has 20 heavy (non-hydrogen) atoms. The van der Waals surface area contributed by atoms with Crippen molar-refractivity contribution in [3.05, 3.63) is 59.2 Å². The third kappa shape index (κ3) is 3.46. The Morgan fingerprint density at radius 2 is 2.20 bits per heavy atom. The van der Waals surface area contributed by atoms with Crippen LogP contribution in [0.1, 0.15) is 42.5 Å². The minimum Gasteiger partial charge on any atom is -0.350 e. The van der Waals surface area contributed by atoms with Crippen molar-refractivity contribution in [1.82, 2.24) is 4.57 Å². The van der Waals surface area contributed by atoms with Crippen LogP contribution in [0.3, 0.4) is 0 Å². The smallest absolute Gasteiger partial charge is 0.124 e. The van der Waals surface area contributed by atoms with E-state index in [1.807, 2.05) is 29.1 Å². The summed E-state index contributed by atoms with van der Waals surface area (Å²) < 4.78 is 15.3. The Hall–Kier alpha value is -2.12. The molecule has 0 aliphatic carbocycles. The number of hydrogen-bond donors (Lipinski definition) is 1. The first kappa shape index (κ1) is 14.3. The standard InChI is InChI=1S/C16H18FN3/c1-2-3-16(19)14-4-5-20(11-14)10-13-6-12(9-18)7-15(17)8-13/h4-8,11,16H,2-3,10,19H2,1H3. The minimum atomic E-state index is -0.380. The number of benzene rings is 1. The molecule has 0 saturated heterocycles. The van der Waals surface area contributed by atoms with Gasteiger partial charge in [-0.1, -0.05) is 13.3 Å². The van der Waals surface area contributed by atoms with E-state index in [0.717, 1.165) is 24.0 Å². The van der Waals surface area contributed by atoms with Gasteiger partial charge in [0.2, 0.25) is 0 Å². The summed E-state index contributed by atoms with van der Waals surface area (Å²) in [5.41, 5.74) is 8.27. The molecule has 0 aliphatic rings. The molecule has 104 valence electrons. The number of nitrogens with two attached hydrogens (primary N) is 1. The highest BCUT2D eigenvalue weighted by atomic mass is 19.1. The lowest BCUT2D eigenvalue weighted by molar-refractivity contribution is 0.622. The molecule has 1 unspecified atom stereocenters. The van der Waals surface area contributed by atoms with Crippen LogP contribution in [-0.4, -0.2) is 4.57 Å². The number of hydrogen-bond acceptors (Lipinski definition) is 2. The Balaban J connectivity index is 2.15. The molecule has 2 rings (SSSR count). The van der Waals surface area contributed by atoms with E-state index in [2.05, 4.69) is 6.92 Å². The van der Waals surface area contributed by atoms with Gasteiger partial charge >= 0.3 is 0 Å². The van der Waals surface area contributed by atoms with E-state index in [0.29, 0.717) is 12.1 Å². The average Bonchev–Trinajstić information content (AvgIpc) is 2.87. The van der Waals surface area contributed by atoms with E-state index < -0.39 is 0 Å². The lowest BCUT2D eigenvalue weighted by atomic mass is 10.1. The molecular formula is C16H18FN3. The zero-order valence-corrected chi connectivity index (χ0v) is 11.5. The van der Waals surface area contributed by atoms with Crippen molar-refractivity contribution in [2.75, 3.05) is 0 Å². The highest BCUT2D eigenvalue weighted by Crippen LogP contribution is 2.17. The van der Waals surface area contributed by atoms with Crippen LogP contribution in [0, 0.1) is 17.1 Å². The molecule has 0 spiro atoms. The highest BCUT2D eigenvalue weighted by molar-refractivity contribution is 5.34. The molecule has 0 aliphatic heterocycles. The van der Waals surface area contributed by atoms with Gasteiger partial charge in [0.05, 0.1) is 11.6 Å². The summed E-state index contributed by atoms with van der Waals surface area (Å²) in [6.45, 7) is 2.64. The summed E-state index contributed by atoms with van der Waals surface area (Å²) in [6, 6.07) is 8.39. The molecule has 1 atom stereocenters. The normalized spacial score (nSPS) is 12.1. The molecule has 3 nitrogen and oxygen atoms in total. The first-order valence-corrected chi connectivity index (χ1v) is 6.73. The lowest BCUT2D eigenvalue weighted by Crippen LogP contribution is -2.08. The van der Waals surface area contributed by atoms with Crippen molar-refractivity contribution in [3.8, 4) is 6.07 Å². The predicted octanol–water partition coefficient (Wildman–Crippen LogP) is 3.35. The molecule has 1 aromatic carbocycles. The minimum absolute atomic E-state index is 0.0448. The summed E-state index contributed by atoms with van der Waals surface area (Å²) >= 11 is 0. The first-order chi connectivity index (χ1) is 9.62. The van der Waals surface area contributed by atoms with Gasteiger partial charge in [0, 0.05) is 25.0 Å². The maximum Gasteiger partial charge on any atom is 0.124 e. The first-order valence-electron chi connectivity index (χ1n) is 6.73. The van der Waals surface area contributed by atoms with Crippen LogP contribution in [0.4, 0.5) is 4.39 Å². The molecule has 0 radical (unpaired) electrons. The molecule has 0 amide bonds. The molecule has 0 saturated carbocycles. The molecule has 0 bridgehead atoms. The molecule has 1 aromatic heterocycles. The highest BCUT2D eigenvalue weighted by Gasteiger charge is 2.07. The Morgan fingerprint density at radius 1 is 1.40 bits per heavy atom. The van der Waals surface area contributed by atoms with E-state index in [9.17, 15) is 4.39 Å². The summed E-state index contributed by atoms with van der Waals surface area (Å²) in [7, 11) is 0. The molecule has 1 heterocycles. The fourth-order valence-corrected chi connectivity index (χ4v) is 2.27. The topological polar surface area (TPSA) is 54.7 Å². The van der Waals surface area contributed by atoms with Gasteiger partial charge in [-0.25, -0.2) is 4.39 Å². The van der Waals surface area contributed by atoms with Crippen molar-refractivity contribution in [2.24, 2.45) is 5.73 Å². The Labute approximate surface area is 118 Å². The molecule has 2 aromatic rings. The Bertz CT molecular complexity index is 625. The van der Waals surface area contributed by atoms with E-state index in [4.69, 9.17) is 11.0 Å². The van der Waals surface area contributed by atoms with Crippen LogP contribution >= 0.6 is 0 Å². The molecule has 2 N–H and O–H groups in total. The van der Waals surface area contributed by atoms with Crippen LogP contribution < -0.4 is 5.73 Å². The largest absolute Gasteiger partial charge is 0.350 e. The van der Waals surface area contributed by atoms with Crippen molar-refractivity contribution >= 4 is 0 Å². The summed E-state index contributed by atoms with van der Waals surface area (Å²) in [4.78, 5) is 0. The van der Waals surface area contributed by atoms with Crippen LogP contribution in [0.5, 0.6) is 0 Å². The third-order valence-corrected chi connectivity index (χ3v) is 3.25. The average molecular weight is 271 g/mol. The summed E-state index contributed by atoms with van der Waals surface area (Å²) in [6.07, 6.45) is 5.91. The molecular weight excluding hydrogens is 253 g/mol. The van der Waals surface area contributed by atoms with Gasteiger partial charge in [-0.2, -0.15) is 5.26 Å². The summed E-state index contributed by atoms with van der Waals surface area (Å²) in [5, 5.41) is 8.85. The SMILES string of the molecule is CCCC(N)c1ccn(Cc2cc(F)cc(C#N)c2)c1. The van der Waals surface area contributed by atoms with E-state index in [-0.39, 0.29) is 11.9 Å². The quantitative estimate of drug-likeness (QED) is 0.906. The van der Waals surface area contributed by atoms with Gasteiger partial charge < -0.3 is 10.3 Å². The Morgan fingerprint density at radius 3 is 2.90 bits per heavy atom. The van der Waals surface area contributed by atoms with Crippen molar-refractivity contribution in [2.45, 2.75) is 32.4 Å². The number of aromatic nitrogens is 1. The van der Waals surface area contributed by atoms with Gasteiger partial charge in [-0.15, -0.1) is 0 Å².